The Morgan fingerprint density at radius 1 is 1.38 bits per heavy atom. The minimum atomic E-state index is -3.26. The lowest BCUT2D eigenvalue weighted by Crippen LogP contribution is -2.13. The van der Waals surface area contributed by atoms with Gasteiger partial charge in [0.2, 0.25) is 0 Å². The van der Waals surface area contributed by atoms with Crippen LogP contribution in [0.3, 0.4) is 0 Å². The maximum Gasteiger partial charge on any atom is 0.176 e. The van der Waals surface area contributed by atoms with Crippen molar-refractivity contribution in [3.8, 4) is 5.75 Å². The van der Waals surface area contributed by atoms with Crippen LogP contribution in [0.5, 0.6) is 5.75 Å². The molecule has 0 fully saturated rings. The van der Waals surface area contributed by atoms with Crippen LogP contribution in [0.15, 0.2) is 41.4 Å². The Morgan fingerprint density at radius 2 is 2.00 bits per heavy atom. The van der Waals surface area contributed by atoms with E-state index in [4.69, 9.17) is 10.5 Å². The maximum absolute atomic E-state index is 11.4. The Balaban J connectivity index is 2.45. The van der Waals surface area contributed by atoms with Gasteiger partial charge < -0.3 is 10.5 Å². The van der Waals surface area contributed by atoms with E-state index in [-0.39, 0.29) is 18.1 Å². The van der Waals surface area contributed by atoms with Crippen LogP contribution in [0.4, 0.5) is 0 Å². The molecule has 0 aliphatic carbocycles. The molecule has 4 nitrogen and oxygen atoms in total. The SMILES string of the molecule is C/C(N)=C\S(=O)(=O)CCOc1ccccc1. The average Bonchev–Trinajstić information content (AvgIpc) is 2.16. The topological polar surface area (TPSA) is 69.4 Å². The van der Waals surface area contributed by atoms with E-state index >= 15 is 0 Å². The molecule has 0 amide bonds. The van der Waals surface area contributed by atoms with Gasteiger partial charge in [0, 0.05) is 11.1 Å². The number of rotatable bonds is 5. The molecule has 5 heteroatoms. The van der Waals surface area contributed by atoms with Crippen molar-refractivity contribution in [3.05, 3.63) is 41.4 Å². The van der Waals surface area contributed by atoms with Gasteiger partial charge in [0.25, 0.3) is 0 Å². The Labute approximate surface area is 95.6 Å². The van der Waals surface area contributed by atoms with Gasteiger partial charge in [-0.1, -0.05) is 18.2 Å². The fraction of sp³-hybridized carbons (Fsp3) is 0.273. The molecule has 16 heavy (non-hydrogen) atoms. The summed E-state index contributed by atoms with van der Waals surface area (Å²) >= 11 is 0. The second-order valence-electron chi connectivity index (χ2n) is 3.39. The van der Waals surface area contributed by atoms with Gasteiger partial charge >= 0.3 is 0 Å². The van der Waals surface area contributed by atoms with Gasteiger partial charge in [-0.15, -0.1) is 0 Å². The van der Waals surface area contributed by atoms with Gasteiger partial charge in [-0.05, 0) is 19.1 Å². The van der Waals surface area contributed by atoms with Crippen LogP contribution < -0.4 is 10.5 Å². The molecule has 0 aliphatic heterocycles. The number of ether oxygens (including phenoxy) is 1. The van der Waals surface area contributed by atoms with Crippen molar-refractivity contribution in [3.63, 3.8) is 0 Å². The second-order valence-corrected chi connectivity index (χ2v) is 5.36. The third-order valence-corrected chi connectivity index (χ3v) is 3.21. The first-order chi connectivity index (χ1) is 7.49. The molecule has 0 spiro atoms. The third-order valence-electron chi connectivity index (χ3n) is 1.75. The van der Waals surface area contributed by atoms with E-state index in [0.29, 0.717) is 5.75 Å². The predicted octanol–water partition coefficient (Wildman–Crippen LogP) is 1.30. The summed E-state index contributed by atoms with van der Waals surface area (Å²) in [5.41, 5.74) is 5.58. The lowest BCUT2D eigenvalue weighted by atomic mass is 10.3. The zero-order valence-corrected chi connectivity index (χ0v) is 9.91. The summed E-state index contributed by atoms with van der Waals surface area (Å²) in [5, 5.41) is 1.06. The van der Waals surface area contributed by atoms with Crippen molar-refractivity contribution in [2.75, 3.05) is 12.4 Å². The van der Waals surface area contributed by atoms with Crippen molar-refractivity contribution >= 4 is 9.84 Å². The molecular formula is C11H15NO3S. The number of allylic oxidation sites excluding steroid dienone is 1. The van der Waals surface area contributed by atoms with Gasteiger partial charge in [0.05, 0.1) is 5.75 Å². The van der Waals surface area contributed by atoms with Crippen LogP contribution in [0, 0.1) is 0 Å². The minimum absolute atomic E-state index is 0.0730. The highest BCUT2D eigenvalue weighted by Gasteiger charge is 2.07. The fourth-order valence-corrected chi connectivity index (χ4v) is 2.13. The van der Waals surface area contributed by atoms with Crippen LogP contribution >= 0.6 is 0 Å². The lowest BCUT2D eigenvalue weighted by Gasteiger charge is -2.04. The van der Waals surface area contributed by atoms with E-state index in [2.05, 4.69) is 0 Å². The van der Waals surface area contributed by atoms with Gasteiger partial charge in [0.15, 0.2) is 9.84 Å². The molecule has 0 bridgehead atoms. The highest BCUT2D eigenvalue weighted by molar-refractivity contribution is 7.94. The summed E-state index contributed by atoms with van der Waals surface area (Å²) in [6.07, 6.45) is 0. The van der Waals surface area contributed by atoms with Crippen LogP contribution in [-0.2, 0) is 9.84 Å². The number of para-hydroxylation sites is 1. The molecule has 0 saturated carbocycles. The molecule has 0 aliphatic rings. The van der Waals surface area contributed by atoms with Crippen molar-refractivity contribution in [2.45, 2.75) is 6.92 Å². The maximum atomic E-state index is 11.4. The Morgan fingerprint density at radius 3 is 2.56 bits per heavy atom. The largest absolute Gasteiger partial charge is 0.493 e. The summed E-state index contributed by atoms with van der Waals surface area (Å²) < 4.78 is 28.1. The van der Waals surface area contributed by atoms with E-state index in [9.17, 15) is 8.42 Å². The summed E-state index contributed by atoms with van der Waals surface area (Å²) in [6.45, 7) is 1.66. The van der Waals surface area contributed by atoms with E-state index in [1.807, 2.05) is 18.2 Å². The van der Waals surface area contributed by atoms with Crippen molar-refractivity contribution in [1.82, 2.24) is 0 Å². The Hall–Kier alpha value is -1.49. The molecule has 0 radical (unpaired) electrons. The second kappa shape index (κ2) is 5.55. The standard InChI is InChI=1S/C11H15NO3S/c1-10(12)9-16(13,14)8-7-15-11-5-3-2-4-6-11/h2-6,9H,7-8,12H2,1H3/b10-9+. The average molecular weight is 241 g/mol. The fourth-order valence-electron chi connectivity index (χ4n) is 1.13. The van der Waals surface area contributed by atoms with Gasteiger partial charge in [0.1, 0.15) is 12.4 Å². The summed E-state index contributed by atoms with van der Waals surface area (Å²) in [6, 6.07) is 9.07. The zero-order valence-electron chi connectivity index (χ0n) is 9.09. The summed E-state index contributed by atoms with van der Waals surface area (Å²) in [7, 11) is -3.26. The van der Waals surface area contributed by atoms with Gasteiger partial charge in [-0.2, -0.15) is 0 Å². The minimum Gasteiger partial charge on any atom is -0.493 e. The van der Waals surface area contributed by atoms with Crippen LogP contribution in [0.25, 0.3) is 0 Å². The number of hydrogen-bond donors (Lipinski definition) is 1. The van der Waals surface area contributed by atoms with E-state index in [1.165, 1.54) is 6.92 Å². The molecule has 88 valence electrons. The molecule has 0 heterocycles. The number of benzene rings is 1. The lowest BCUT2D eigenvalue weighted by molar-refractivity contribution is 0.341. The van der Waals surface area contributed by atoms with Gasteiger partial charge in [-0.3, -0.25) is 0 Å². The van der Waals surface area contributed by atoms with Crippen molar-refractivity contribution < 1.29 is 13.2 Å². The van der Waals surface area contributed by atoms with E-state index in [0.717, 1.165) is 5.41 Å². The van der Waals surface area contributed by atoms with Crippen molar-refractivity contribution in [1.29, 1.82) is 0 Å². The molecule has 0 saturated heterocycles. The van der Waals surface area contributed by atoms with Gasteiger partial charge in [-0.25, -0.2) is 8.42 Å². The molecule has 0 unspecified atom stereocenters. The predicted molar refractivity (Wildman–Crippen MR) is 63.7 cm³/mol. The molecule has 0 aromatic heterocycles. The van der Waals surface area contributed by atoms with Crippen LogP contribution in [0.2, 0.25) is 0 Å². The number of hydrogen-bond acceptors (Lipinski definition) is 4. The molecular weight excluding hydrogens is 226 g/mol. The first-order valence-electron chi connectivity index (χ1n) is 4.84. The monoisotopic (exact) mass is 241 g/mol. The third kappa shape index (κ3) is 4.84. The van der Waals surface area contributed by atoms with Crippen molar-refractivity contribution in [2.24, 2.45) is 5.73 Å². The highest BCUT2D eigenvalue weighted by atomic mass is 32.2. The molecule has 1 aromatic carbocycles. The number of nitrogens with two attached hydrogens (primary N) is 1. The molecule has 2 N–H and O–H groups in total. The van der Waals surface area contributed by atoms with E-state index < -0.39 is 9.84 Å². The smallest absolute Gasteiger partial charge is 0.176 e. The first kappa shape index (κ1) is 12.6. The molecule has 0 atom stereocenters. The highest BCUT2D eigenvalue weighted by Crippen LogP contribution is 2.08. The molecule has 1 aromatic rings. The normalized spacial score (nSPS) is 12.4. The quantitative estimate of drug-likeness (QED) is 0.843. The Kier molecular flexibility index (Phi) is 4.37. The van der Waals surface area contributed by atoms with Crippen LogP contribution in [-0.4, -0.2) is 20.8 Å². The first-order valence-corrected chi connectivity index (χ1v) is 6.55. The van der Waals surface area contributed by atoms with Crippen LogP contribution in [0.1, 0.15) is 6.92 Å². The molecule has 1 rings (SSSR count). The number of sulfone groups is 1. The Bertz CT molecular complexity index is 447. The summed E-state index contributed by atoms with van der Waals surface area (Å²) in [5.74, 6) is 0.585. The zero-order chi connectivity index (χ0) is 12.0. The summed E-state index contributed by atoms with van der Waals surface area (Å²) in [4.78, 5) is 0. The van der Waals surface area contributed by atoms with E-state index in [1.54, 1.807) is 12.1 Å².